The zero-order valence-electron chi connectivity index (χ0n) is 9.42. The van der Waals surface area contributed by atoms with Gasteiger partial charge in [0.1, 0.15) is 17.2 Å². The summed E-state index contributed by atoms with van der Waals surface area (Å²) < 4.78 is 32.8. The van der Waals surface area contributed by atoms with Crippen LogP contribution in [0.5, 0.6) is 5.75 Å². The van der Waals surface area contributed by atoms with Gasteiger partial charge in [-0.05, 0) is 12.1 Å². The van der Waals surface area contributed by atoms with E-state index in [9.17, 15) is 23.7 Å². The Morgan fingerprint density at radius 1 is 1.53 bits per heavy atom. The Balaban J connectivity index is 3.59. The Morgan fingerprint density at radius 2 is 2.16 bits per heavy atom. The normalized spacial score (nSPS) is 9.84. The second kappa shape index (κ2) is 5.72. The van der Waals surface area contributed by atoms with Gasteiger partial charge in [0.15, 0.2) is 0 Å². The van der Waals surface area contributed by atoms with Crippen molar-refractivity contribution in [1.29, 1.82) is 5.26 Å². The van der Waals surface area contributed by atoms with Gasteiger partial charge < -0.3 is 9.47 Å². The summed E-state index contributed by atoms with van der Waals surface area (Å²) in [6, 6.07) is 3.34. The molecule has 0 saturated heterocycles. The Bertz CT molecular complexity index is 568. The van der Waals surface area contributed by atoms with E-state index in [-0.39, 0.29) is 0 Å². The lowest BCUT2D eigenvalue weighted by atomic mass is 10.1. The summed E-state index contributed by atoms with van der Waals surface area (Å²) in [7, 11) is 0.971. The van der Waals surface area contributed by atoms with E-state index in [1.165, 1.54) is 6.07 Å². The summed E-state index contributed by atoms with van der Waals surface area (Å²) in [6.45, 7) is -3.39. The predicted octanol–water partition coefficient (Wildman–Crippen LogP) is 1.85. The van der Waals surface area contributed by atoms with Crippen LogP contribution in [0.4, 0.5) is 14.5 Å². The number of esters is 1. The Morgan fingerprint density at radius 3 is 2.58 bits per heavy atom. The second-order valence-electron chi connectivity index (χ2n) is 3.08. The molecular formula is C10H6F2N2O5. The number of nitro groups is 1. The van der Waals surface area contributed by atoms with E-state index in [1.54, 1.807) is 0 Å². The fraction of sp³-hybridized carbons (Fsp3) is 0.200. The van der Waals surface area contributed by atoms with Crippen LogP contribution in [0.1, 0.15) is 15.9 Å². The molecule has 7 nitrogen and oxygen atoms in total. The molecule has 0 saturated carbocycles. The molecule has 0 N–H and O–H groups in total. The maximum absolute atomic E-state index is 12.3. The molecule has 0 radical (unpaired) electrons. The van der Waals surface area contributed by atoms with Gasteiger partial charge in [0.25, 0.3) is 0 Å². The van der Waals surface area contributed by atoms with E-state index in [2.05, 4.69) is 9.47 Å². The Kier molecular flexibility index (Phi) is 4.31. The number of carbonyl (C=O) groups excluding carboxylic acids is 1. The maximum atomic E-state index is 12.3. The van der Waals surface area contributed by atoms with Gasteiger partial charge in [0, 0.05) is 0 Å². The molecule has 0 aliphatic carbocycles. The molecule has 0 atom stereocenters. The van der Waals surface area contributed by atoms with Crippen LogP contribution in [0.2, 0.25) is 0 Å². The largest absolute Gasteiger partial charge is 0.465 e. The fourth-order valence-electron chi connectivity index (χ4n) is 1.32. The summed E-state index contributed by atoms with van der Waals surface area (Å²) in [5, 5.41) is 19.5. The highest BCUT2D eigenvalue weighted by Crippen LogP contribution is 2.35. The molecule has 0 spiro atoms. The molecule has 1 rings (SSSR count). The maximum Gasteiger partial charge on any atom is 0.387 e. The number of hydrogen-bond acceptors (Lipinski definition) is 6. The van der Waals surface area contributed by atoms with Crippen molar-refractivity contribution in [3.63, 3.8) is 0 Å². The van der Waals surface area contributed by atoms with E-state index < -0.39 is 40.1 Å². The van der Waals surface area contributed by atoms with E-state index in [1.807, 2.05) is 0 Å². The number of rotatable bonds is 4. The summed E-state index contributed by atoms with van der Waals surface area (Å²) in [6.07, 6.45) is 0. The number of nitriles is 1. The first kappa shape index (κ1) is 14.3. The first-order valence-corrected chi connectivity index (χ1v) is 4.67. The van der Waals surface area contributed by atoms with E-state index in [0.29, 0.717) is 0 Å². The molecule has 1 aromatic carbocycles. The molecular weight excluding hydrogens is 266 g/mol. The highest BCUT2D eigenvalue weighted by molar-refractivity contribution is 5.94. The molecule has 100 valence electrons. The number of benzene rings is 1. The van der Waals surface area contributed by atoms with Crippen molar-refractivity contribution in [2.75, 3.05) is 7.11 Å². The summed E-state index contributed by atoms with van der Waals surface area (Å²) >= 11 is 0. The van der Waals surface area contributed by atoms with Crippen LogP contribution in [-0.4, -0.2) is 24.6 Å². The zero-order chi connectivity index (χ0) is 14.6. The van der Waals surface area contributed by atoms with Crippen molar-refractivity contribution in [3.05, 3.63) is 33.4 Å². The van der Waals surface area contributed by atoms with Gasteiger partial charge in [-0.15, -0.1) is 0 Å². The van der Waals surface area contributed by atoms with Crippen LogP contribution in [0, 0.1) is 21.4 Å². The third kappa shape index (κ3) is 2.92. The minimum Gasteiger partial charge on any atom is -0.465 e. The van der Waals surface area contributed by atoms with Crippen molar-refractivity contribution in [2.24, 2.45) is 0 Å². The van der Waals surface area contributed by atoms with Gasteiger partial charge in [-0.3, -0.25) is 10.1 Å². The zero-order valence-corrected chi connectivity index (χ0v) is 9.42. The van der Waals surface area contributed by atoms with Gasteiger partial charge in [0.2, 0.25) is 5.75 Å². The minimum absolute atomic E-state index is 0.506. The van der Waals surface area contributed by atoms with E-state index in [0.717, 1.165) is 19.2 Å². The lowest BCUT2D eigenvalue weighted by Gasteiger charge is -2.10. The minimum atomic E-state index is -3.39. The Hall–Kier alpha value is -2.76. The topological polar surface area (TPSA) is 102 Å². The molecule has 1 aromatic rings. The fourth-order valence-corrected chi connectivity index (χ4v) is 1.32. The van der Waals surface area contributed by atoms with E-state index >= 15 is 0 Å². The molecule has 9 heteroatoms. The average molecular weight is 272 g/mol. The van der Waals surface area contributed by atoms with Gasteiger partial charge in [-0.1, -0.05) is 0 Å². The summed E-state index contributed by atoms with van der Waals surface area (Å²) in [5.41, 5.74) is -2.08. The van der Waals surface area contributed by atoms with Crippen LogP contribution in [-0.2, 0) is 4.74 Å². The molecule has 0 aliphatic heterocycles. The number of nitrogens with zero attached hydrogens (tertiary/aromatic N) is 2. The molecule has 0 amide bonds. The third-order valence-electron chi connectivity index (χ3n) is 2.05. The highest BCUT2D eigenvalue weighted by Gasteiger charge is 2.30. The smallest absolute Gasteiger partial charge is 0.387 e. The van der Waals surface area contributed by atoms with Crippen molar-refractivity contribution >= 4 is 11.7 Å². The van der Waals surface area contributed by atoms with Gasteiger partial charge in [-0.2, -0.15) is 14.0 Å². The highest BCUT2D eigenvalue weighted by atomic mass is 19.3. The quantitative estimate of drug-likeness (QED) is 0.470. The Labute approximate surface area is 105 Å². The number of carbonyl (C=O) groups is 1. The number of alkyl halides is 2. The summed E-state index contributed by atoms with van der Waals surface area (Å²) in [4.78, 5) is 21.1. The molecule has 0 unspecified atom stereocenters. The van der Waals surface area contributed by atoms with Crippen LogP contribution >= 0.6 is 0 Å². The third-order valence-corrected chi connectivity index (χ3v) is 2.05. The van der Waals surface area contributed by atoms with Crippen LogP contribution in [0.3, 0.4) is 0 Å². The monoisotopic (exact) mass is 272 g/mol. The first-order chi connectivity index (χ1) is 8.92. The lowest BCUT2D eigenvalue weighted by Crippen LogP contribution is -2.12. The van der Waals surface area contributed by atoms with Gasteiger partial charge in [0.05, 0.1) is 12.0 Å². The van der Waals surface area contributed by atoms with Crippen molar-refractivity contribution < 1.29 is 28.0 Å². The number of methoxy groups -OCH3 is 1. The number of halogens is 2. The van der Waals surface area contributed by atoms with Crippen molar-refractivity contribution in [2.45, 2.75) is 6.61 Å². The van der Waals surface area contributed by atoms with Crippen molar-refractivity contribution in [1.82, 2.24) is 0 Å². The average Bonchev–Trinajstić information content (AvgIpc) is 2.36. The molecule has 0 aromatic heterocycles. The molecule has 19 heavy (non-hydrogen) atoms. The SMILES string of the molecule is COC(=O)c1ccc(C#N)c([N+](=O)[O-])c1OC(F)F. The van der Waals surface area contributed by atoms with Crippen LogP contribution < -0.4 is 4.74 Å². The first-order valence-electron chi connectivity index (χ1n) is 4.67. The molecule has 0 heterocycles. The van der Waals surface area contributed by atoms with Crippen molar-refractivity contribution in [3.8, 4) is 11.8 Å². The number of ether oxygens (including phenoxy) is 2. The molecule has 0 fully saturated rings. The lowest BCUT2D eigenvalue weighted by molar-refractivity contribution is -0.386. The molecule has 0 aliphatic rings. The molecule has 0 bridgehead atoms. The van der Waals surface area contributed by atoms with Crippen LogP contribution in [0.25, 0.3) is 0 Å². The number of hydrogen-bond donors (Lipinski definition) is 0. The van der Waals surface area contributed by atoms with Crippen LogP contribution in [0.15, 0.2) is 12.1 Å². The summed E-state index contributed by atoms with van der Waals surface area (Å²) in [5.74, 6) is -2.09. The van der Waals surface area contributed by atoms with Gasteiger partial charge >= 0.3 is 18.3 Å². The predicted molar refractivity (Wildman–Crippen MR) is 55.8 cm³/mol. The van der Waals surface area contributed by atoms with E-state index in [4.69, 9.17) is 5.26 Å². The number of nitro benzene ring substituents is 1. The standard InChI is InChI=1S/C10H6F2N2O5/c1-18-9(15)6-3-2-5(4-13)7(14(16)17)8(6)19-10(11)12/h2-3,10H,1H3. The van der Waals surface area contributed by atoms with Gasteiger partial charge in [-0.25, -0.2) is 4.79 Å². The second-order valence-corrected chi connectivity index (χ2v) is 3.08.